The molecule has 0 saturated heterocycles. The Balaban J connectivity index is 3.46. The van der Waals surface area contributed by atoms with E-state index < -0.39 is 18.2 Å². The fourth-order valence-corrected chi connectivity index (χ4v) is 0.403. The Morgan fingerprint density at radius 1 is 1.12 bits per heavy atom. The number of hydrogen-bond donors (Lipinski definition) is 3. The highest BCUT2D eigenvalue weighted by Gasteiger charge is 2.13. The van der Waals surface area contributed by atoms with E-state index in [9.17, 15) is 0 Å². The summed E-state index contributed by atoms with van der Waals surface area (Å²) in [5.74, 6) is 0. The van der Waals surface area contributed by atoms with E-state index in [0.29, 0.717) is 0 Å². The molecular formula is C5H13NO2. The van der Waals surface area contributed by atoms with Crippen molar-refractivity contribution in [2.24, 2.45) is 5.73 Å². The highest BCUT2D eigenvalue weighted by molar-refractivity contribution is 4.72. The molecule has 0 aliphatic heterocycles. The number of nitrogens with two attached hydrogens (primary N) is 1. The van der Waals surface area contributed by atoms with Crippen LogP contribution in [0.4, 0.5) is 0 Å². The Morgan fingerprint density at radius 3 is 1.38 bits per heavy atom. The summed E-state index contributed by atoms with van der Waals surface area (Å²) in [6, 6.07) is -0.519. The van der Waals surface area contributed by atoms with Crippen molar-refractivity contribution in [1.82, 2.24) is 0 Å². The third-order valence-electron chi connectivity index (χ3n) is 1.11. The molecule has 0 heterocycles. The normalized spacial score (nSPS) is 22.1. The molecule has 3 heteroatoms. The predicted octanol–water partition coefficient (Wildman–Crippen LogP) is -0.925. The summed E-state index contributed by atoms with van der Waals surface area (Å²) >= 11 is 0. The number of aliphatic hydroxyl groups is 2. The van der Waals surface area contributed by atoms with Crippen molar-refractivity contribution in [2.45, 2.75) is 32.1 Å². The van der Waals surface area contributed by atoms with Crippen LogP contribution in [0.25, 0.3) is 0 Å². The molecule has 0 aromatic rings. The summed E-state index contributed by atoms with van der Waals surface area (Å²) in [6.45, 7) is 3.11. The summed E-state index contributed by atoms with van der Waals surface area (Å²) < 4.78 is 0. The molecule has 0 fully saturated rings. The molecule has 0 aromatic heterocycles. The molecule has 0 radical (unpaired) electrons. The van der Waals surface area contributed by atoms with Crippen molar-refractivity contribution >= 4 is 0 Å². The molecule has 2 atom stereocenters. The fraction of sp³-hybridized carbons (Fsp3) is 1.00. The van der Waals surface area contributed by atoms with E-state index in [0.717, 1.165) is 0 Å². The van der Waals surface area contributed by atoms with Gasteiger partial charge in [0.25, 0.3) is 0 Å². The lowest BCUT2D eigenvalue weighted by Gasteiger charge is -2.16. The summed E-state index contributed by atoms with van der Waals surface area (Å²) in [4.78, 5) is 0. The van der Waals surface area contributed by atoms with Gasteiger partial charge in [0.05, 0.1) is 18.2 Å². The minimum absolute atomic E-state index is 0.519. The van der Waals surface area contributed by atoms with Gasteiger partial charge in [-0.2, -0.15) is 0 Å². The first-order chi connectivity index (χ1) is 3.55. The van der Waals surface area contributed by atoms with E-state index >= 15 is 0 Å². The van der Waals surface area contributed by atoms with Crippen LogP contribution in [0, 0.1) is 0 Å². The summed E-state index contributed by atoms with van der Waals surface area (Å²) in [5.41, 5.74) is 5.26. The minimum atomic E-state index is -0.630. The van der Waals surface area contributed by atoms with E-state index in [-0.39, 0.29) is 0 Å². The maximum absolute atomic E-state index is 8.71. The fourth-order valence-electron chi connectivity index (χ4n) is 0.403. The highest BCUT2D eigenvalue weighted by Crippen LogP contribution is 1.93. The molecule has 2 unspecified atom stereocenters. The van der Waals surface area contributed by atoms with E-state index in [1.165, 1.54) is 0 Å². The van der Waals surface area contributed by atoms with Crippen molar-refractivity contribution in [2.75, 3.05) is 0 Å². The van der Waals surface area contributed by atoms with Gasteiger partial charge in [-0.1, -0.05) is 0 Å². The van der Waals surface area contributed by atoms with Crippen LogP contribution >= 0.6 is 0 Å². The smallest absolute Gasteiger partial charge is 0.0688 e. The van der Waals surface area contributed by atoms with Crippen molar-refractivity contribution in [3.63, 3.8) is 0 Å². The highest BCUT2D eigenvalue weighted by atomic mass is 16.3. The van der Waals surface area contributed by atoms with Crippen molar-refractivity contribution in [3.8, 4) is 0 Å². The Hall–Kier alpha value is -0.120. The second kappa shape index (κ2) is 3.02. The molecule has 0 aliphatic rings. The lowest BCUT2D eigenvalue weighted by molar-refractivity contribution is 0.0759. The molecule has 0 bridgehead atoms. The van der Waals surface area contributed by atoms with Crippen molar-refractivity contribution < 1.29 is 10.2 Å². The predicted molar refractivity (Wildman–Crippen MR) is 31.3 cm³/mol. The van der Waals surface area contributed by atoms with Gasteiger partial charge >= 0.3 is 0 Å². The van der Waals surface area contributed by atoms with E-state index in [4.69, 9.17) is 15.9 Å². The lowest BCUT2D eigenvalue weighted by atomic mass is 10.1. The molecule has 4 N–H and O–H groups in total. The third-order valence-corrected chi connectivity index (χ3v) is 1.11. The molecule has 0 saturated carbocycles. The molecule has 50 valence electrons. The average molecular weight is 119 g/mol. The molecule has 0 rings (SSSR count). The van der Waals surface area contributed by atoms with Crippen LogP contribution in [0.3, 0.4) is 0 Å². The van der Waals surface area contributed by atoms with Crippen LogP contribution in [-0.2, 0) is 0 Å². The van der Waals surface area contributed by atoms with Crippen molar-refractivity contribution in [3.05, 3.63) is 0 Å². The Bertz CT molecular complexity index is 55.4. The molecule has 0 spiro atoms. The number of aliphatic hydroxyl groups excluding tert-OH is 2. The van der Waals surface area contributed by atoms with E-state index in [1.807, 2.05) is 0 Å². The zero-order chi connectivity index (χ0) is 6.73. The van der Waals surface area contributed by atoms with Crippen LogP contribution in [0.5, 0.6) is 0 Å². The summed E-state index contributed by atoms with van der Waals surface area (Å²) in [6.07, 6.45) is -1.26. The minimum Gasteiger partial charge on any atom is -0.392 e. The molecule has 8 heavy (non-hydrogen) atoms. The summed E-state index contributed by atoms with van der Waals surface area (Å²) in [7, 11) is 0. The first-order valence-electron chi connectivity index (χ1n) is 2.67. The zero-order valence-corrected chi connectivity index (χ0v) is 5.20. The van der Waals surface area contributed by atoms with Gasteiger partial charge in [-0.25, -0.2) is 0 Å². The quantitative estimate of drug-likeness (QED) is 0.440. The second-order valence-electron chi connectivity index (χ2n) is 2.06. The number of rotatable bonds is 2. The van der Waals surface area contributed by atoms with Crippen molar-refractivity contribution in [1.29, 1.82) is 0 Å². The summed E-state index contributed by atoms with van der Waals surface area (Å²) in [5, 5.41) is 17.4. The van der Waals surface area contributed by atoms with Crippen LogP contribution in [0.2, 0.25) is 0 Å². The van der Waals surface area contributed by atoms with Gasteiger partial charge in [0.1, 0.15) is 0 Å². The van der Waals surface area contributed by atoms with Gasteiger partial charge in [0.15, 0.2) is 0 Å². The zero-order valence-electron chi connectivity index (χ0n) is 5.20. The van der Waals surface area contributed by atoms with Crippen LogP contribution < -0.4 is 5.73 Å². The van der Waals surface area contributed by atoms with Gasteiger partial charge in [-0.15, -0.1) is 0 Å². The van der Waals surface area contributed by atoms with Gasteiger partial charge in [0, 0.05) is 0 Å². The topological polar surface area (TPSA) is 66.5 Å². The van der Waals surface area contributed by atoms with E-state index in [1.54, 1.807) is 13.8 Å². The second-order valence-corrected chi connectivity index (χ2v) is 2.06. The van der Waals surface area contributed by atoms with Crippen LogP contribution in [-0.4, -0.2) is 28.5 Å². The molecule has 3 nitrogen and oxygen atoms in total. The average Bonchev–Trinajstić information content (AvgIpc) is 1.64. The SMILES string of the molecule is CC(O)C(N)C(C)O. The number of hydrogen-bond acceptors (Lipinski definition) is 3. The monoisotopic (exact) mass is 119 g/mol. The maximum Gasteiger partial charge on any atom is 0.0688 e. The molecular weight excluding hydrogens is 106 g/mol. The standard InChI is InChI=1S/C5H13NO2/c1-3(7)5(6)4(2)8/h3-5,7-8H,6H2,1-2H3. The van der Waals surface area contributed by atoms with E-state index in [2.05, 4.69) is 0 Å². The first-order valence-corrected chi connectivity index (χ1v) is 2.67. The molecule has 0 aromatic carbocycles. The largest absolute Gasteiger partial charge is 0.392 e. The Kier molecular flexibility index (Phi) is 2.97. The van der Waals surface area contributed by atoms with Gasteiger partial charge in [0.2, 0.25) is 0 Å². The Morgan fingerprint density at radius 2 is 1.38 bits per heavy atom. The first kappa shape index (κ1) is 7.88. The van der Waals surface area contributed by atoms with Crippen LogP contribution in [0.1, 0.15) is 13.8 Å². The maximum atomic E-state index is 8.71. The van der Waals surface area contributed by atoms with Gasteiger partial charge < -0.3 is 15.9 Å². The third kappa shape index (κ3) is 2.26. The van der Waals surface area contributed by atoms with Gasteiger partial charge in [-0.05, 0) is 13.8 Å². The molecule has 0 amide bonds. The Labute approximate surface area is 49.1 Å². The van der Waals surface area contributed by atoms with Gasteiger partial charge in [-0.3, -0.25) is 0 Å². The van der Waals surface area contributed by atoms with Crippen LogP contribution in [0.15, 0.2) is 0 Å². The molecule has 0 aliphatic carbocycles. The lowest BCUT2D eigenvalue weighted by Crippen LogP contribution is -2.41.